The molecule has 11 heavy (non-hydrogen) atoms. The van der Waals surface area contributed by atoms with E-state index in [1.165, 1.54) is 11.1 Å². The summed E-state index contributed by atoms with van der Waals surface area (Å²) < 4.78 is 0. The molecule has 0 unspecified atom stereocenters. The zero-order valence-electron chi connectivity index (χ0n) is 6.92. The second-order valence-corrected chi connectivity index (χ2v) is 2.48. The number of hydrogen-bond acceptors (Lipinski definition) is 2. The summed E-state index contributed by atoms with van der Waals surface area (Å²) >= 11 is 0. The molecule has 0 radical (unpaired) electrons. The number of hydrogen-bond donors (Lipinski definition) is 1. The van der Waals surface area contributed by atoms with Gasteiger partial charge in [0.1, 0.15) is 0 Å². The molecular formula is C9H13NO. The van der Waals surface area contributed by atoms with Crippen LogP contribution in [0, 0.1) is 6.92 Å². The maximum atomic E-state index is 5.01. The third-order valence-electron chi connectivity index (χ3n) is 1.50. The zero-order valence-corrected chi connectivity index (χ0v) is 6.92. The van der Waals surface area contributed by atoms with Crippen LogP contribution in [0.4, 0.5) is 0 Å². The van der Waals surface area contributed by atoms with Gasteiger partial charge in [0.2, 0.25) is 0 Å². The van der Waals surface area contributed by atoms with Gasteiger partial charge in [0.25, 0.3) is 0 Å². The molecule has 0 saturated heterocycles. The van der Waals surface area contributed by atoms with Crippen molar-refractivity contribution in [1.82, 2.24) is 5.48 Å². The number of benzene rings is 1. The van der Waals surface area contributed by atoms with Crippen LogP contribution in [-0.4, -0.2) is 7.05 Å². The molecular weight excluding hydrogens is 138 g/mol. The van der Waals surface area contributed by atoms with E-state index in [9.17, 15) is 0 Å². The van der Waals surface area contributed by atoms with Crippen LogP contribution < -0.4 is 5.48 Å². The first-order valence-corrected chi connectivity index (χ1v) is 3.67. The number of rotatable bonds is 3. The SMILES string of the molecule is CNOCc1ccc(C)cc1. The molecule has 1 aromatic rings. The molecule has 0 atom stereocenters. The van der Waals surface area contributed by atoms with Crippen molar-refractivity contribution in [3.63, 3.8) is 0 Å². The van der Waals surface area contributed by atoms with Gasteiger partial charge in [0, 0.05) is 7.05 Å². The average molecular weight is 151 g/mol. The van der Waals surface area contributed by atoms with Crippen molar-refractivity contribution in [3.8, 4) is 0 Å². The highest BCUT2D eigenvalue weighted by Gasteiger charge is 1.89. The summed E-state index contributed by atoms with van der Waals surface area (Å²) in [6.45, 7) is 2.69. The van der Waals surface area contributed by atoms with Crippen molar-refractivity contribution in [2.45, 2.75) is 13.5 Å². The lowest BCUT2D eigenvalue weighted by Gasteiger charge is -2.01. The molecule has 0 amide bonds. The summed E-state index contributed by atoms with van der Waals surface area (Å²) in [7, 11) is 1.76. The molecule has 1 N–H and O–H groups in total. The topological polar surface area (TPSA) is 21.3 Å². The Hall–Kier alpha value is -0.860. The summed E-state index contributed by atoms with van der Waals surface area (Å²) in [6.07, 6.45) is 0. The van der Waals surface area contributed by atoms with E-state index in [-0.39, 0.29) is 0 Å². The van der Waals surface area contributed by atoms with E-state index in [0.717, 1.165) is 0 Å². The Morgan fingerprint density at radius 2 is 1.91 bits per heavy atom. The lowest BCUT2D eigenvalue weighted by atomic mass is 10.2. The molecule has 2 nitrogen and oxygen atoms in total. The Kier molecular flexibility index (Phi) is 3.08. The molecule has 2 heteroatoms. The van der Waals surface area contributed by atoms with Crippen molar-refractivity contribution in [3.05, 3.63) is 35.4 Å². The first-order valence-electron chi connectivity index (χ1n) is 3.67. The Bertz CT molecular complexity index is 205. The molecule has 1 aromatic carbocycles. The zero-order chi connectivity index (χ0) is 8.10. The fourth-order valence-corrected chi connectivity index (χ4v) is 0.840. The van der Waals surface area contributed by atoms with Crippen LogP contribution in [0.15, 0.2) is 24.3 Å². The Morgan fingerprint density at radius 3 is 2.45 bits per heavy atom. The van der Waals surface area contributed by atoms with Gasteiger partial charge in [-0.15, -0.1) is 0 Å². The van der Waals surface area contributed by atoms with Crippen LogP contribution in [0.2, 0.25) is 0 Å². The number of aryl methyl sites for hydroxylation is 1. The van der Waals surface area contributed by atoms with E-state index >= 15 is 0 Å². The molecule has 1 rings (SSSR count). The first-order chi connectivity index (χ1) is 5.33. The maximum absolute atomic E-state index is 5.01. The van der Waals surface area contributed by atoms with E-state index in [1.807, 2.05) is 0 Å². The predicted molar refractivity (Wildman–Crippen MR) is 45.0 cm³/mol. The lowest BCUT2D eigenvalue weighted by Crippen LogP contribution is -2.06. The predicted octanol–water partition coefficient (Wildman–Crippen LogP) is 1.65. The van der Waals surface area contributed by atoms with Gasteiger partial charge in [-0.1, -0.05) is 29.8 Å². The summed E-state index contributed by atoms with van der Waals surface area (Å²) in [6, 6.07) is 8.28. The fourth-order valence-electron chi connectivity index (χ4n) is 0.840. The van der Waals surface area contributed by atoms with Crippen LogP contribution in [-0.2, 0) is 11.4 Å². The molecule has 0 bridgehead atoms. The molecule has 60 valence electrons. The molecule has 0 heterocycles. The van der Waals surface area contributed by atoms with Crippen molar-refractivity contribution in [1.29, 1.82) is 0 Å². The highest BCUT2D eigenvalue weighted by Crippen LogP contribution is 2.03. The molecule has 0 aliphatic rings. The molecule has 0 aliphatic heterocycles. The summed E-state index contributed by atoms with van der Waals surface area (Å²) in [5.41, 5.74) is 5.09. The largest absolute Gasteiger partial charge is 0.297 e. The highest BCUT2D eigenvalue weighted by molar-refractivity contribution is 5.20. The second-order valence-electron chi connectivity index (χ2n) is 2.48. The van der Waals surface area contributed by atoms with Crippen molar-refractivity contribution in [2.24, 2.45) is 0 Å². The van der Waals surface area contributed by atoms with Crippen LogP contribution in [0.5, 0.6) is 0 Å². The normalized spacial score (nSPS) is 10.0. The van der Waals surface area contributed by atoms with Gasteiger partial charge < -0.3 is 0 Å². The van der Waals surface area contributed by atoms with E-state index in [2.05, 4.69) is 36.7 Å². The van der Waals surface area contributed by atoms with Gasteiger partial charge in [0.15, 0.2) is 0 Å². The van der Waals surface area contributed by atoms with Crippen molar-refractivity contribution >= 4 is 0 Å². The Morgan fingerprint density at radius 1 is 1.27 bits per heavy atom. The average Bonchev–Trinajstić information content (AvgIpc) is 2.04. The van der Waals surface area contributed by atoms with Crippen molar-refractivity contribution in [2.75, 3.05) is 7.05 Å². The number of hydroxylamine groups is 1. The highest BCUT2D eigenvalue weighted by atomic mass is 16.6. The van der Waals surface area contributed by atoms with E-state index in [1.54, 1.807) is 7.05 Å². The van der Waals surface area contributed by atoms with Crippen LogP contribution >= 0.6 is 0 Å². The summed E-state index contributed by atoms with van der Waals surface area (Å²) in [4.78, 5) is 5.01. The summed E-state index contributed by atoms with van der Waals surface area (Å²) in [5, 5.41) is 0. The summed E-state index contributed by atoms with van der Waals surface area (Å²) in [5.74, 6) is 0. The van der Waals surface area contributed by atoms with Crippen molar-refractivity contribution < 1.29 is 4.84 Å². The van der Waals surface area contributed by atoms with Crippen LogP contribution in [0.3, 0.4) is 0 Å². The standard InChI is InChI=1S/C9H13NO/c1-8-3-5-9(6-4-8)7-11-10-2/h3-6,10H,7H2,1-2H3. The van der Waals surface area contributed by atoms with Gasteiger partial charge in [-0.3, -0.25) is 4.84 Å². The quantitative estimate of drug-likeness (QED) is 0.663. The van der Waals surface area contributed by atoms with Gasteiger partial charge >= 0.3 is 0 Å². The van der Waals surface area contributed by atoms with Gasteiger partial charge in [-0.05, 0) is 12.5 Å². The molecule has 0 aromatic heterocycles. The van der Waals surface area contributed by atoms with E-state index < -0.39 is 0 Å². The molecule has 0 spiro atoms. The Balaban J connectivity index is 2.52. The minimum absolute atomic E-state index is 0.622. The minimum atomic E-state index is 0.622. The number of nitrogens with one attached hydrogen (secondary N) is 1. The van der Waals surface area contributed by atoms with Crippen LogP contribution in [0.1, 0.15) is 11.1 Å². The maximum Gasteiger partial charge on any atom is 0.0932 e. The van der Waals surface area contributed by atoms with Gasteiger partial charge in [-0.2, -0.15) is 0 Å². The van der Waals surface area contributed by atoms with E-state index in [4.69, 9.17) is 4.84 Å². The molecule has 0 fully saturated rings. The first kappa shape index (κ1) is 8.24. The van der Waals surface area contributed by atoms with Gasteiger partial charge in [-0.25, -0.2) is 5.48 Å². The van der Waals surface area contributed by atoms with E-state index in [0.29, 0.717) is 6.61 Å². The molecule has 0 saturated carbocycles. The molecule has 0 aliphatic carbocycles. The van der Waals surface area contributed by atoms with Gasteiger partial charge in [0.05, 0.1) is 6.61 Å². The van der Waals surface area contributed by atoms with Crippen LogP contribution in [0.25, 0.3) is 0 Å². The minimum Gasteiger partial charge on any atom is -0.297 e. The smallest absolute Gasteiger partial charge is 0.0932 e. The monoisotopic (exact) mass is 151 g/mol. The lowest BCUT2D eigenvalue weighted by molar-refractivity contribution is 0.0444. The second kappa shape index (κ2) is 4.11. The third-order valence-corrected chi connectivity index (χ3v) is 1.50. The third kappa shape index (κ3) is 2.70. The fraction of sp³-hybridized carbons (Fsp3) is 0.333. The Labute approximate surface area is 67.1 Å².